The average molecular weight is 376 g/mol. The monoisotopic (exact) mass is 375 g/mol. The molecule has 1 amide bonds. The molecule has 0 radical (unpaired) electrons. The lowest BCUT2D eigenvalue weighted by Crippen LogP contribution is -2.53. The largest absolute Gasteiger partial charge is 0.491 e. The number of aryl methyl sites for hydroxylation is 1. The molecule has 1 aromatic carbocycles. The van der Waals surface area contributed by atoms with Gasteiger partial charge in [0.1, 0.15) is 5.75 Å². The molecular formula is C22H33NO4. The number of ether oxygens (including phenoxy) is 2. The normalized spacial score (nSPS) is 25.0. The number of carbonyl (C=O) groups is 1. The van der Waals surface area contributed by atoms with Crippen molar-refractivity contribution in [3.63, 3.8) is 0 Å². The van der Waals surface area contributed by atoms with E-state index in [2.05, 4.69) is 6.92 Å². The van der Waals surface area contributed by atoms with Gasteiger partial charge in [0.05, 0.1) is 23.9 Å². The van der Waals surface area contributed by atoms with Crippen LogP contribution >= 0.6 is 0 Å². The van der Waals surface area contributed by atoms with Crippen molar-refractivity contribution in [2.75, 3.05) is 13.1 Å². The van der Waals surface area contributed by atoms with Crippen molar-refractivity contribution in [2.24, 2.45) is 0 Å². The third-order valence-corrected chi connectivity index (χ3v) is 5.76. The highest BCUT2D eigenvalue weighted by Gasteiger charge is 2.43. The van der Waals surface area contributed by atoms with Crippen molar-refractivity contribution in [1.82, 2.24) is 4.90 Å². The molecule has 0 aromatic heterocycles. The molecule has 2 heterocycles. The SMILES string of the molecule is CC[C@@H]1C[C@H](O)CC2(CCN(C(=O)c3ccc(OC(C)C)c(C)c3)CC2)O1. The molecule has 0 bridgehead atoms. The van der Waals surface area contributed by atoms with Crippen LogP contribution in [0.2, 0.25) is 0 Å². The van der Waals surface area contributed by atoms with E-state index >= 15 is 0 Å². The summed E-state index contributed by atoms with van der Waals surface area (Å²) in [4.78, 5) is 14.8. The van der Waals surface area contributed by atoms with Crippen LogP contribution in [0.3, 0.4) is 0 Å². The molecule has 27 heavy (non-hydrogen) atoms. The number of piperidine rings is 1. The minimum Gasteiger partial charge on any atom is -0.491 e. The Labute approximate surface area is 162 Å². The van der Waals surface area contributed by atoms with Crippen LogP contribution in [-0.4, -0.2) is 52.9 Å². The van der Waals surface area contributed by atoms with Gasteiger partial charge in [-0.05, 0) is 70.2 Å². The summed E-state index contributed by atoms with van der Waals surface area (Å²) in [7, 11) is 0. The molecule has 0 saturated carbocycles. The topological polar surface area (TPSA) is 59.0 Å². The summed E-state index contributed by atoms with van der Waals surface area (Å²) in [5, 5.41) is 10.2. The van der Waals surface area contributed by atoms with Crippen LogP contribution in [0.1, 0.15) is 68.8 Å². The first kappa shape index (κ1) is 20.2. The van der Waals surface area contributed by atoms with Gasteiger partial charge in [-0.2, -0.15) is 0 Å². The first-order valence-corrected chi connectivity index (χ1v) is 10.2. The van der Waals surface area contributed by atoms with Crippen LogP contribution in [0.15, 0.2) is 18.2 Å². The molecule has 0 unspecified atom stereocenters. The van der Waals surface area contributed by atoms with E-state index in [4.69, 9.17) is 9.47 Å². The molecule has 1 N–H and O–H groups in total. The summed E-state index contributed by atoms with van der Waals surface area (Å²) in [6, 6.07) is 5.66. The van der Waals surface area contributed by atoms with Gasteiger partial charge in [0, 0.05) is 25.1 Å². The Morgan fingerprint density at radius 2 is 2.07 bits per heavy atom. The maximum atomic E-state index is 12.9. The Bertz CT molecular complexity index is 664. The number of aliphatic hydroxyl groups excluding tert-OH is 1. The Balaban J connectivity index is 1.64. The van der Waals surface area contributed by atoms with E-state index in [1.807, 2.05) is 43.9 Å². The number of benzene rings is 1. The second-order valence-electron chi connectivity index (χ2n) is 8.36. The second-order valence-corrected chi connectivity index (χ2v) is 8.36. The van der Waals surface area contributed by atoms with Crippen LogP contribution in [0, 0.1) is 6.92 Å². The summed E-state index contributed by atoms with van der Waals surface area (Å²) >= 11 is 0. The van der Waals surface area contributed by atoms with Gasteiger partial charge < -0.3 is 19.5 Å². The first-order chi connectivity index (χ1) is 12.8. The molecule has 1 aromatic rings. The summed E-state index contributed by atoms with van der Waals surface area (Å²) in [6.07, 6.45) is 3.87. The maximum absolute atomic E-state index is 12.9. The van der Waals surface area contributed by atoms with Crippen molar-refractivity contribution < 1.29 is 19.4 Å². The molecule has 5 heteroatoms. The number of rotatable bonds is 4. The van der Waals surface area contributed by atoms with E-state index < -0.39 is 0 Å². The summed E-state index contributed by atoms with van der Waals surface area (Å²) < 4.78 is 12.1. The zero-order valence-electron chi connectivity index (χ0n) is 17.0. The van der Waals surface area contributed by atoms with Crippen molar-refractivity contribution in [2.45, 2.75) is 83.7 Å². The van der Waals surface area contributed by atoms with Crippen LogP contribution in [0.5, 0.6) is 5.75 Å². The third kappa shape index (κ3) is 4.64. The predicted octanol–water partition coefficient (Wildman–Crippen LogP) is 3.71. The fraction of sp³-hybridized carbons (Fsp3) is 0.682. The van der Waals surface area contributed by atoms with E-state index in [1.54, 1.807) is 0 Å². The van der Waals surface area contributed by atoms with Crippen LogP contribution in [0.4, 0.5) is 0 Å². The van der Waals surface area contributed by atoms with Crippen LogP contribution in [-0.2, 0) is 4.74 Å². The fourth-order valence-electron chi connectivity index (χ4n) is 4.31. The van der Waals surface area contributed by atoms with E-state index in [9.17, 15) is 9.90 Å². The average Bonchev–Trinajstić information content (AvgIpc) is 2.62. The number of amides is 1. The van der Waals surface area contributed by atoms with Crippen LogP contribution in [0.25, 0.3) is 0 Å². The number of hydrogen-bond acceptors (Lipinski definition) is 4. The molecule has 2 aliphatic rings. The quantitative estimate of drug-likeness (QED) is 0.872. The summed E-state index contributed by atoms with van der Waals surface area (Å²) in [6.45, 7) is 9.41. The highest BCUT2D eigenvalue weighted by Crippen LogP contribution is 2.38. The van der Waals surface area contributed by atoms with Crippen molar-refractivity contribution >= 4 is 5.91 Å². The lowest BCUT2D eigenvalue weighted by molar-refractivity contribution is -0.179. The number of nitrogens with zero attached hydrogens (tertiary/aromatic N) is 1. The Hall–Kier alpha value is -1.59. The van der Waals surface area contributed by atoms with Gasteiger partial charge in [-0.15, -0.1) is 0 Å². The molecule has 2 saturated heterocycles. The molecular weight excluding hydrogens is 342 g/mol. The molecule has 3 rings (SSSR count). The number of likely N-dealkylation sites (tertiary alicyclic amines) is 1. The zero-order chi connectivity index (χ0) is 19.6. The minimum absolute atomic E-state index is 0.0625. The Morgan fingerprint density at radius 1 is 1.37 bits per heavy atom. The van der Waals surface area contributed by atoms with E-state index in [0.717, 1.165) is 37.0 Å². The molecule has 1 spiro atoms. The van der Waals surface area contributed by atoms with Gasteiger partial charge in [-0.1, -0.05) is 6.92 Å². The standard InChI is InChI=1S/C22H33NO4/c1-5-19-13-18(24)14-22(27-19)8-10-23(11-9-22)21(25)17-6-7-20(16(4)12-17)26-15(2)3/h6-7,12,15,18-19,24H,5,8-11,13-14H2,1-4H3/t18-,19+/m0/s1. The highest BCUT2D eigenvalue weighted by molar-refractivity contribution is 5.94. The second kappa shape index (κ2) is 8.19. The molecule has 2 atom stereocenters. The molecule has 150 valence electrons. The lowest BCUT2D eigenvalue weighted by Gasteiger charge is -2.47. The molecule has 2 fully saturated rings. The van der Waals surface area contributed by atoms with Gasteiger partial charge in [0.25, 0.3) is 5.91 Å². The molecule has 5 nitrogen and oxygen atoms in total. The molecule has 2 aliphatic heterocycles. The number of carbonyl (C=O) groups excluding carboxylic acids is 1. The fourth-order valence-corrected chi connectivity index (χ4v) is 4.31. The van der Waals surface area contributed by atoms with E-state index in [-0.39, 0.29) is 29.8 Å². The highest BCUT2D eigenvalue weighted by atomic mass is 16.5. The third-order valence-electron chi connectivity index (χ3n) is 5.76. The van der Waals surface area contributed by atoms with Crippen molar-refractivity contribution in [1.29, 1.82) is 0 Å². The van der Waals surface area contributed by atoms with Gasteiger partial charge >= 0.3 is 0 Å². The predicted molar refractivity (Wildman–Crippen MR) is 105 cm³/mol. The van der Waals surface area contributed by atoms with Gasteiger partial charge in [-0.3, -0.25) is 4.79 Å². The first-order valence-electron chi connectivity index (χ1n) is 10.2. The maximum Gasteiger partial charge on any atom is 0.253 e. The Morgan fingerprint density at radius 3 is 2.67 bits per heavy atom. The van der Waals surface area contributed by atoms with Crippen molar-refractivity contribution in [3.05, 3.63) is 29.3 Å². The van der Waals surface area contributed by atoms with E-state index in [0.29, 0.717) is 25.1 Å². The van der Waals surface area contributed by atoms with Crippen LogP contribution < -0.4 is 4.74 Å². The Kier molecular flexibility index (Phi) is 6.11. The number of aliphatic hydroxyl groups is 1. The van der Waals surface area contributed by atoms with E-state index in [1.165, 1.54) is 0 Å². The van der Waals surface area contributed by atoms with Gasteiger partial charge in [0.15, 0.2) is 0 Å². The number of hydrogen-bond donors (Lipinski definition) is 1. The van der Waals surface area contributed by atoms with Gasteiger partial charge in [-0.25, -0.2) is 0 Å². The lowest BCUT2D eigenvalue weighted by atomic mass is 9.81. The summed E-state index contributed by atoms with van der Waals surface area (Å²) in [5.74, 6) is 0.891. The minimum atomic E-state index is -0.290. The zero-order valence-corrected chi connectivity index (χ0v) is 17.0. The molecule has 0 aliphatic carbocycles. The smallest absolute Gasteiger partial charge is 0.253 e. The van der Waals surface area contributed by atoms with Gasteiger partial charge in [0.2, 0.25) is 0 Å². The summed E-state index contributed by atoms with van der Waals surface area (Å²) in [5.41, 5.74) is 1.42. The van der Waals surface area contributed by atoms with Crippen molar-refractivity contribution in [3.8, 4) is 5.75 Å².